The van der Waals surface area contributed by atoms with Crippen molar-refractivity contribution in [1.29, 1.82) is 0 Å². The minimum absolute atomic E-state index is 0.106. The maximum absolute atomic E-state index is 12.3. The lowest BCUT2D eigenvalue weighted by atomic mass is 9.91. The SMILES string of the molecule is NN1C(=O)c2cccc(-c3cccc4c3C(=O)N(N)C4=O)c2C1=O. The van der Waals surface area contributed by atoms with Crippen LogP contribution in [-0.4, -0.2) is 33.6 Å². The number of imide groups is 2. The first-order valence-corrected chi connectivity index (χ1v) is 6.97. The van der Waals surface area contributed by atoms with Crippen molar-refractivity contribution in [2.24, 2.45) is 11.7 Å². The van der Waals surface area contributed by atoms with Gasteiger partial charge in [-0.15, -0.1) is 0 Å². The first-order chi connectivity index (χ1) is 11.4. The monoisotopic (exact) mass is 322 g/mol. The van der Waals surface area contributed by atoms with Gasteiger partial charge in [-0.1, -0.05) is 24.3 Å². The maximum atomic E-state index is 12.3. The lowest BCUT2D eigenvalue weighted by molar-refractivity contribution is 0.0638. The molecule has 0 saturated carbocycles. The lowest BCUT2D eigenvalue weighted by Gasteiger charge is -2.10. The Hall–Kier alpha value is -3.36. The molecule has 2 aromatic carbocycles. The highest BCUT2D eigenvalue weighted by Gasteiger charge is 2.39. The molecule has 0 spiro atoms. The predicted octanol–water partition coefficient (Wildman–Crippen LogP) is 0.293. The number of nitrogens with zero attached hydrogens (tertiary/aromatic N) is 2. The fourth-order valence-electron chi connectivity index (χ4n) is 3.06. The van der Waals surface area contributed by atoms with Crippen molar-refractivity contribution in [3.8, 4) is 11.1 Å². The summed E-state index contributed by atoms with van der Waals surface area (Å²) in [5.41, 5.74) is 1.22. The van der Waals surface area contributed by atoms with E-state index in [1.807, 2.05) is 0 Å². The number of hydrogen-bond donors (Lipinski definition) is 2. The van der Waals surface area contributed by atoms with Gasteiger partial charge in [0.15, 0.2) is 0 Å². The van der Waals surface area contributed by atoms with Crippen LogP contribution in [0.2, 0.25) is 0 Å². The van der Waals surface area contributed by atoms with Crippen LogP contribution in [0, 0.1) is 0 Å². The number of rotatable bonds is 1. The molecule has 4 rings (SSSR count). The maximum Gasteiger partial charge on any atom is 0.276 e. The number of fused-ring (bicyclic) bond motifs is 2. The zero-order valence-electron chi connectivity index (χ0n) is 12.1. The molecule has 118 valence electrons. The van der Waals surface area contributed by atoms with Crippen molar-refractivity contribution in [2.75, 3.05) is 0 Å². The van der Waals surface area contributed by atoms with E-state index in [2.05, 4.69) is 0 Å². The molecule has 2 aromatic rings. The Labute approximate surface area is 135 Å². The van der Waals surface area contributed by atoms with Crippen LogP contribution in [0.1, 0.15) is 41.4 Å². The van der Waals surface area contributed by atoms with E-state index in [0.29, 0.717) is 21.1 Å². The molecular formula is C16H10N4O4. The van der Waals surface area contributed by atoms with Gasteiger partial charge >= 0.3 is 0 Å². The second-order valence-electron chi connectivity index (χ2n) is 5.42. The third kappa shape index (κ3) is 1.58. The number of benzene rings is 2. The van der Waals surface area contributed by atoms with E-state index < -0.39 is 23.6 Å². The fraction of sp³-hybridized carbons (Fsp3) is 0. The van der Waals surface area contributed by atoms with Gasteiger partial charge in [-0.05, 0) is 23.3 Å². The van der Waals surface area contributed by atoms with E-state index >= 15 is 0 Å². The van der Waals surface area contributed by atoms with Crippen LogP contribution in [0.25, 0.3) is 11.1 Å². The molecule has 0 aliphatic carbocycles. The highest BCUT2D eigenvalue weighted by molar-refractivity contribution is 6.26. The van der Waals surface area contributed by atoms with Crippen molar-refractivity contribution in [1.82, 2.24) is 10.0 Å². The molecule has 2 heterocycles. The third-order valence-electron chi connectivity index (χ3n) is 4.18. The fourth-order valence-corrected chi connectivity index (χ4v) is 3.06. The largest absolute Gasteiger partial charge is 0.276 e. The minimum atomic E-state index is -0.662. The minimum Gasteiger partial charge on any atom is -0.267 e. The molecule has 0 aromatic heterocycles. The van der Waals surface area contributed by atoms with Crippen molar-refractivity contribution < 1.29 is 19.2 Å². The Morgan fingerprint density at radius 3 is 1.25 bits per heavy atom. The standard InChI is InChI=1S/C16H10N4O4/c17-19-13(21)9-5-1-3-7(11(9)15(19)23)8-4-2-6-10-12(8)16(24)20(18)14(10)22/h1-6H,17-18H2. The summed E-state index contributed by atoms with van der Waals surface area (Å²) in [6.45, 7) is 0. The van der Waals surface area contributed by atoms with Crippen LogP contribution < -0.4 is 11.7 Å². The summed E-state index contributed by atoms with van der Waals surface area (Å²) in [4.78, 5) is 48.7. The molecule has 0 fully saturated rings. The molecule has 4 N–H and O–H groups in total. The van der Waals surface area contributed by atoms with Crippen molar-refractivity contribution in [2.45, 2.75) is 0 Å². The molecule has 0 radical (unpaired) electrons. The molecule has 8 nitrogen and oxygen atoms in total. The predicted molar refractivity (Wildman–Crippen MR) is 81.3 cm³/mol. The first kappa shape index (κ1) is 14.2. The normalized spacial score (nSPS) is 16.1. The highest BCUT2D eigenvalue weighted by atomic mass is 16.2. The third-order valence-corrected chi connectivity index (χ3v) is 4.18. The Morgan fingerprint density at radius 1 is 0.542 bits per heavy atom. The van der Waals surface area contributed by atoms with Gasteiger partial charge in [0.1, 0.15) is 0 Å². The summed E-state index contributed by atoms with van der Waals surface area (Å²) in [5, 5.41) is 1.05. The van der Waals surface area contributed by atoms with E-state index in [1.165, 1.54) is 12.1 Å². The molecule has 8 heteroatoms. The van der Waals surface area contributed by atoms with Gasteiger partial charge in [-0.2, -0.15) is 0 Å². The number of hydrogen-bond acceptors (Lipinski definition) is 6. The average molecular weight is 322 g/mol. The zero-order chi connectivity index (χ0) is 17.2. The molecule has 24 heavy (non-hydrogen) atoms. The number of carbonyl (C=O) groups is 4. The van der Waals surface area contributed by atoms with Crippen LogP contribution in [-0.2, 0) is 0 Å². The summed E-state index contributed by atoms with van der Waals surface area (Å²) in [6, 6.07) is 9.32. The van der Waals surface area contributed by atoms with Gasteiger partial charge in [0.2, 0.25) is 0 Å². The van der Waals surface area contributed by atoms with Crippen LogP contribution in [0.4, 0.5) is 0 Å². The zero-order valence-corrected chi connectivity index (χ0v) is 12.1. The van der Waals surface area contributed by atoms with Gasteiger partial charge in [0.05, 0.1) is 22.3 Å². The molecule has 0 atom stereocenters. The van der Waals surface area contributed by atoms with Gasteiger partial charge in [-0.3, -0.25) is 19.2 Å². The van der Waals surface area contributed by atoms with Crippen molar-refractivity contribution in [3.63, 3.8) is 0 Å². The molecule has 4 amide bonds. The topological polar surface area (TPSA) is 127 Å². The Kier molecular flexibility index (Phi) is 2.71. The molecule has 0 unspecified atom stereocenters. The molecular weight excluding hydrogens is 312 g/mol. The molecule has 2 aliphatic rings. The van der Waals surface area contributed by atoms with Gasteiger partial charge in [-0.25, -0.2) is 21.7 Å². The Balaban J connectivity index is 2.03. The number of amides is 4. The van der Waals surface area contributed by atoms with Gasteiger partial charge in [0.25, 0.3) is 23.6 Å². The van der Waals surface area contributed by atoms with Crippen molar-refractivity contribution >= 4 is 23.6 Å². The second kappa shape index (κ2) is 4.57. The van der Waals surface area contributed by atoms with Gasteiger partial charge < -0.3 is 0 Å². The summed E-state index contributed by atoms with van der Waals surface area (Å²) >= 11 is 0. The van der Waals surface area contributed by atoms with E-state index in [0.717, 1.165) is 0 Å². The second-order valence-corrected chi connectivity index (χ2v) is 5.42. The lowest BCUT2D eigenvalue weighted by Crippen LogP contribution is -2.36. The van der Waals surface area contributed by atoms with Gasteiger partial charge in [0, 0.05) is 0 Å². The van der Waals surface area contributed by atoms with Crippen LogP contribution in [0.15, 0.2) is 36.4 Å². The van der Waals surface area contributed by atoms with E-state index in [4.69, 9.17) is 11.7 Å². The first-order valence-electron chi connectivity index (χ1n) is 6.97. The molecule has 0 saturated heterocycles. The molecule has 0 bridgehead atoms. The van der Waals surface area contributed by atoms with E-state index in [1.54, 1.807) is 24.3 Å². The van der Waals surface area contributed by atoms with Crippen molar-refractivity contribution in [3.05, 3.63) is 58.7 Å². The number of carbonyl (C=O) groups excluding carboxylic acids is 4. The summed E-state index contributed by atoms with van der Waals surface area (Å²) < 4.78 is 0. The summed E-state index contributed by atoms with van der Waals surface area (Å²) in [7, 11) is 0. The summed E-state index contributed by atoms with van der Waals surface area (Å²) in [6.07, 6.45) is 0. The average Bonchev–Trinajstić information content (AvgIpc) is 2.96. The number of nitrogens with two attached hydrogens (primary N) is 2. The van der Waals surface area contributed by atoms with Crippen LogP contribution in [0.3, 0.4) is 0 Å². The number of hydrazine groups is 2. The van der Waals surface area contributed by atoms with Crippen LogP contribution in [0.5, 0.6) is 0 Å². The Morgan fingerprint density at radius 2 is 0.875 bits per heavy atom. The van der Waals surface area contributed by atoms with Crippen LogP contribution >= 0.6 is 0 Å². The Bertz CT molecular complexity index is 903. The van der Waals surface area contributed by atoms with E-state index in [9.17, 15) is 19.2 Å². The smallest absolute Gasteiger partial charge is 0.267 e. The van der Waals surface area contributed by atoms with E-state index in [-0.39, 0.29) is 22.3 Å². The molecule has 2 aliphatic heterocycles. The highest BCUT2D eigenvalue weighted by Crippen LogP contribution is 2.36. The quantitative estimate of drug-likeness (QED) is 0.441. The summed E-state index contributed by atoms with van der Waals surface area (Å²) in [5.74, 6) is 8.42.